The van der Waals surface area contributed by atoms with Crippen molar-refractivity contribution >= 4 is 27.3 Å². The van der Waals surface area contributed by atoms with Gasteiger partial charge in [0.1, 0.15) is 5.75 Å². The van der Waals surface area contributed by atoms with Crippen LogP contribution in [0.1, 0.15) is 18.5 Å². The van der Waals surface area contributed by atoms with Crippen LogP contribution in [0.15, 0.2) is 36.5 Å². The maximum absolute atomic E-state index is 12.5. The molecule has 0 bridgehead atoms. The minimum Gasteiger partial charge on any atom is -0.484 e. The Hall–Kier alpha value is -2.06. The summed E-state index contributed by atoms with van der Waals surface area (Å²) >= 11 is 5.81. The molecule has 3 rings (SSSR count). The minimum absolute atomic E-state index is 0.0706. The molecule has 0 saturated carbocycles. The molecule has 1 aromatic heterocycles. The van der Waals surface area contributed by atoms with Gasteiger partial charge in [0, 0.05) is 36.4 Å². The molecule has 2 aromatic rings. The van der Waals surface area contributed by atoms with Gasteiger partial charge in [-0.05, 0) is 43.2 Å². The average molecular weight is 412 g/mol. The Labute approximate surface area is 163 Å². The second kappa shape index (κ2) is 8.75. The molecule has 146 valence electrons. The van der Waals surface area contributed by atoms with Gasteiger partial charge >= 0.3 is 0 Å². The van der Waals surface area contributed by atoms with Crippen molar-refractivity contribution < 1.29 is 17.9 Å². The molecule has 1 amide bonds. The summed E-state index contributed by atoms with van der Waals surface area (Å²) in [6.07, 6.45) is 2.95. The molecular formula is C18H22ClN3O4S. The summed E-state index contributed by atoms with van der Waals surface area (Å²) in [6.45, 7) is 0.784. The van der Waals surface area contributed by atoms with E-state index in [2.05, 4.69) is 10.2 Å². The molecule has 9 heteroatoms. The van der Waals surface area contributed by atoms with Crippen molar-refractivity contribution in [1.29, 1.82) is 0 Å². The molecule has 1 aliphatic heterocycles. The normalized spacial score (nSPS) is 15.7. The third-order valence-corrected chi connectivity index (χ3v) is 7.21. The Morgan fingerprint density at radius 3 is 2.56 bits per heavy atom. The van der Waals surface area contributed by atoms with Crippen LogP contribution in [0.25, 0.3) is 0 Å². The molecular weight excluding hydrogens is 390 g/mol. The number of amides is 1. The van der Waals surface area contributed by atoms with Crippen LogP contribution in [-0.2, 0) is 21.1 Å². The zero-order valence-corrected chi connectivity index (χ0v) is 16.4. The first kappa shape index (κ1) is 19.7. The zero-order valence-electron chi connectivity index (χ0n) is 14.8. The Balaban J connectivity index is 1.44. The molecule has 0 aliphatic carbocycles. The minimum atomic E-state index is -3.20. The zero-order chi connectivity index (χ0) is 19.3. The number of H-pyrrole nitrogens is 1. The van der Waals surface area contributed by atoms with E-state index < -0.39 is 15.1 Å². The largest absolute Gasteiger partial charge is 0.484 e. The number of sulfone groups is 1. The number of nitrogens with one attached hydrogen (secondary N) is 1. The lowest BCUT2D eigenvalue weighted by atomic mass is 10.1. The van der Waals surface area contributed by atoms with E-state index in [9.17, 15) is 13.2 Å². The number of hydrogen-bond donors (Lipinski definition) is 1. The van der Waals surface area contributed by atoms with E-state index in [4.69, 9.17) is 16.3 Å². The molecule has 0 radical (unpaired) electrons. The number of carbonyl (C=O) groups is 1. The Morgan fingerprint density at radius 1 is 1.22 bits per heavy atom. The number of halogens is 1. The summed E-state index contributed by atoms with van der Waals surface area (Å²) in [5.41, 5.74) is 0.811. The fraction of sp³-hybridized carbons (Fsp3) is 0.444. The van der Waals surface area contributed by atoms with Gasteiger partial charge in [0.25, 0.3) is 5.91 Å². The first-order chi connectivity index (χ1) is 12.9. The maximum atomic E-state index is 12.5. The van der Waals surface area contributed by atoms with Crippen LogP contribution in [0, 0.1) is 0 Å². The third kappa shape index (κ3) is 5.46. The average Bonchev–Trinajstić information content (AvgIpc) is 3.20. The SMILES string of the molecule is O=C(COc1ccc(Cl)cc1)N1CCC(S(=O)(=O)CCc2ccn[nH]2)CC1. The number of aromatic nitrogens is 2. The van der Waals surface area contributed by atoms with Gasteiger partial charge in [0.15, 0.2) is 16.4 Å². The molecule has 0 spiro atoms. The Kier molecular flexibility index (Phi) is 6.38. The van der Waals surface area contributed by atoms with E-state index in [0.717, 1.165) is 5.69 Å². The monoisotopic (exact) mass is 411 g/mol. The van der Waals surface area contributed by atoms with Crippen LogP contribution in [0.4, 0.5) is 0 Å². The maximum Gasteiger partial charge on any atom is 0.260 e. The summed E-state index contributed by atoms with van der Waals surface area (Å²) in [7, 11) is -3.20. The van der Waals surface area contributed by atoms with Gasteiger partial charge in [-0.25, -0.2) is 8.42 Å². The van der Waals surface area contributed by atoms with Crippen LogP contribution in [-0.4, -0.2) is 60.1 Å². The fourth-order valence-corrected chi connectivity index (χ4v) is 4.97. The summed E-state index contributed by atoms with van der Waals surface area (Å²) < 4.78 is 30.5. The number of rotatable bonds is 7. The number of hydrogen-bond acceptors (Lipinski definition) is 5. The van der Waals surface area contributed by atoms with Gasteiger partial charge in [0.05, 0.1) is 11.0 Å². The van der Waals surface area contributed by atoms with Crippen molar-refractivity contribution in [3.8, 4) is 5.75 Å². The predicted molar refractivity (Wildman–Crippen MR) is 103 cm³/mol. The van der Waals surface area contributed by atoms with E-state index >= 15 is 0 Å². The molecule has 1 saturated heterocycles. The highest BCUT2D eigenvalue weighted by Gasteiger charge is 2.31. The third-order valence-electron chi connectivity index (χ3n) is 4.69. The highest BCUT2D eigenvalue weighted by atomic mass is 35.5. The summed E-state index contributed by atoms with van der Waals surface area (Å²) in [5, 5.41) is 6.80. The highest BCUT2D eigenvalue weighted by Crippen LogP contribution is 2.20. The van der Waals surface area contributed by atoms with Gasteiger partial charge in [-0.15, -0.1) is 0 Å². The molecule has 7 nitrogen and oxygen atoms in total. The first-order valence-electron chi connectivity index (χ1n) is 8.80. The Morgan fingerprint density at radius 2 is 1.93 bits per heavy atom. The fourth-order valence-electron chi connectivity index (χ4n) is 3.07. The molecule has 0 unspecified atom stereocenters. The van der Waals surface area contributed by atoms with Crippen LogP contribution >= 0.6 is 11.6 Å². The van der Waals surface area contributed by atoms with Crippen LogP contribution in [0.5, 0.6) is 5.75 Å². The van der Waals surface area contributed by atoms with Gasteiger partial charge in [-0.2, -0.15) is 5.10 Å². The molecule has 1 aromatic carbocycles. The van der Waals surface area contributed by atoms with E-state index in [1.54, 1.807) is 41.4 Å². The van der Waals surface area contributed by atoms with Gasteiger partial charge in [-0.1, -0.05) is 11.6 Å². The van der Waals surface area contributed by atoms with E-state index in [1.165, 1.54) is 0 Å². The van der Waals surface area contributed by atoms with Crippen molar-refractivity contribution in [2.75, 3.05) is 25.4 Å². The number of aryl methyl sites for hydroxylation is 1. The summed E-state index contributed by atoms with van der Waals surface area (Å²) in [5.74, 6) is 0.523. The molecule has 0 atom stereocenters. The lowest BCUT2D eigenvalue weighted by Crippen LogP contribution is -2.44. The predicted octanol–water partition coefficient (Wildman–Crippen LogP) is 2.09. The molecule has 1 aliphatic rings. The quantitative estimate of drug-likeness (QED) is 0.753. The van der Waals surface area contributed by atoms with Crippen LogP contribution in [0.3, 0.4) is 0 Å². The number of piperidine rings is 1. The van der Waals surface area contributed by atoms with Crippen molar-refractivity contribution in [3.63, 3.8) is 0 Å². The van der Waals surface area contributed by atoms with Crippen molar-refractivity contribution in [2.45, 2.75) is 24.5 Å². The topological polar surface area (TPSA) is 92.4 Å². The van der Waals surface area contributed by atoms with Crippen molar-refractivity contribution in [1.82, 2.24) is 15.1 Å². The van der Waals surface area contributed by atoms with Crippen LogP contribution in [0.2, 0.25) is 5.02 Å². The number of ether oxygens (including phenoxy) is 1. The standard InChI is InChI=1S/C18H22ClN3O4S/c19-14-1-3-16(4-2-14)26-13-18(23)22-10-6-17(7-11-22)27(24,25)12-8-15-5-9-20-21-15/h1-5,9,17H,6-8,10-13H2,(H,20,21). The summed E-state index contributed by atoms with van der Waals surface area (Å²) in [4.78, 5) is 14.0. The number of nitrogens with zero attached hydrogens (tertiary/aromatic N) is 2. The van der Waals surface area contributed by atoms with Gasteiger partial charge in [-0.3, -0.25) is 9.89 Å². The molecule has 1 fully saturated rings. The number of likely N-dealkylation sites (tertiary alicyclic amines) is 1. The molecule has 27 heavy (non-hydrogen) atoms. The number of benzene rings is 1. The summed E-state index contributed by atoms with van der Waals surface area (Å²) in [6, 6.07) is 8.57. The highest BCUT2D eigenvalue weighted by molar-refractivity contribution is 7.92. The molecule has 1 N–H and O–H groups in total. The first-order valence-corrected chi connectivity index (χ1v) is 10.9. The second-order valence-corrected chi connectivity index (χ2v) is 9.36. The second-order valence-electron chi connectivity index (χ2n) is 6.52. The Bertz CT molecular complexity index is 845. The number of carbonyl (C=O) groups excluding carboxylic acids is 1. The van der Waals surface area contributed by atoms with Crippen molar-refractivity contribution in [2.24, 2.45) is 0 Å². The lowest BCUT2D eigenvalue weighted by molar-refractivity contribution is -0.134. The lowest BCUT2D eigenvalue weighted by Gasteiger charge is -2.31. The van der Waals surface area contributed by atoms with E-state index in [-0.39, 0.29) is 18.3 Å². The number of aromatic amines is 1. The van der Waals surface area contributed by atoms with E-state index in [1.807, 2.05) is 0 Å². The van der Waals surface area contributed by atoms with Crippen molar-refractivity contribution in [3.05, 3.63) is 47.2 Å². The van der Waals surface area contributed by atoms with Crippen LogP contribution < -0.4 is 4.74 Å². The smallest absolute Gasteiger partial charge is 0.260 e. The van der Waals surface area contributed by atoms with Gasteiger partial charge in [0.2, 0.25) is 0 Å². The van der Waals surface area contributed by atoms with Gasteiger partial charge < -0.3 is 9.64 Å². The molecule has 2 heterocycles. The van der Waals surface area contributed by atoms with E-state index in [0.29, 0.717) is 43.1 Å².